The molecule has 0 aliphatic carbocycles. The number of rotatable bonds is 12. The number of hydrogen-bond donors (Lipinski definition) is 1. The maximum Gasteiger partial charge on any atom is 0.140 e. The van der Waals surface area contributed by atoms with Crippen LogP contribution in [0, 0.1) is 18.3 Å². The van der Waals surface area contributed by atoms with Crippen LogP contribution in [0.25, 0.3) is 11.1 Å². The van der Waals surface area contributed by atoms with Gasteiger partial charge in [-0.1, -0.05) is 69.8 Å². The molecule has 0 aromatic heterocycles. The fourth-order valence-corrected chi connectivity index (χ4v) is 4.38. The summed E-state index contributed by atoms with van der Waals surface area (Å²) in [6, 6.07) is 21.3. The summed E-state index contributed by atoms with van der Waals surface area (Å²) < 4.78 is 11.8. The summed E-state index contributed by atoms with van der Waals surface area (Å²) in [5.41, 5.74) is 7.84. The van der Waals surface area contributed by atoms with Crippen molar-refractivity contribution in [2.24, 2.45) is 4.99 Å². The Morgan fingerprint density at radius 2 is 1.76 bits per heavy atom. The molecule has 0 saturated heterocycles. The third-order valence-electron chi connectivity index (χ3n) is 6.66. The molecule has 0 bridgehead atoms. The smallest absolute Gasteiger partial charge is 0.140 e. The normalized spacial score (nSPS) is 11.5. The first kappa shape index (κ1) is 29.3. The molecule has 0 aliphatic heterocycles. The van der Waals surface area contributed by atoms with Gasteiger partial charge >= 0.3 is 0 Å². The van der Waals surface area contributed by atoms with Gasteiger partial charge in [-0.05, 0) is 80.4 Å². The van der Waals surface area contributed by atoms with E-state index in [4.69, 9.17) is 14.6 Å². The molecule has 1 N–H and O–H groups in total. The summed E-state index contributed by atoms with van der Waals surface area (Å²) >= 11 is 3.28. The molecule has 0 radical (unpaired) electrons. The third kappa shape index (κ3) is 7.20. The lowest BCUT2D eigenvalue weighted by molar-refractivity contribution is 0.0702. The predicted molar refractivity (Wildman–Crippen MR) is 158 cm³/mol. The topological polar surface area (TPSA) is 74.8 Å². The highest BCUT2D eigenvalue weighted by Crippen LogP contribution is 2.37. The van der Waals surface area contributed by atoms with Crippen LogP contribution in [-0.2, 0) is 16.6 Å². The first-order valence-corrected chi connectivity index (χ1v) is 13.5. The number of hydrogen-bond acceptors (Lipinski definition) is 5. The zero-order valence-electron chi connectivity index (χ0n) is 22.6. The number of benzene rings is 3. The van der Waals surface area contributed by atoms with Gasteiger partial charge in [-0.3, -0.25) is 0 Å². The van der Waals surface area contributed by atoms with E-state index in [1.165, 1.54) is 0 Å². The van der Waals surface area contributed by atoms with Gasteiger partial charge in [0.05, 0.1) is 30.0 Å². The van der Waals surface area contributed by atoms with Gasteiger partial charge in [-0.15, -0.1) is 0 Å². The molecule has 38 heavy (non-hydrogen) atoms. The molecular weight excluding hydrogens is 540 g/mol. The quantitative estimate of drug-likeness (QED) is 0.142. The van der Waals surface area contributed by atoms with E-state index in [-0.39, 0.29) is 18.6 Å². The van der Waals surface area contributed by atoms with E-state index in [0.29, 0.717) is 29.1 Å². The average molecular weight is 576 g/mol. The Kier molecular flexibility index (Phi) is 10.4. The highest BCUT2D eigenvalue weighted by molar-refractivity contribution is 9.11. The number of aryl methyl sites for hydroxylation is 2. The third-order valence-corrected chi connectivity index (χ3v) is 6.87. The van der Waals surface area contributed by atoms with Crippen molar-refractivity contribution in [1.29, 1.82) is 5.26 Å². The van der Waals surface area contributed by atoms with Crippen LogP contribution in [0.1, 0.15) is 54.2 Å². The number of aliphatic imine (C=N–C) groups is 1. The van der Waals surface area contributed by atoms with Crippen LogP contribution < -0.4 is 4.74 Å². The molecule has 5 nitrogen and oxygen atoms in total. The molecule has 198 valence electrons. The predicted octanol–water partition coefficient (Wildman–Crippen LogP) is 7.09. The van der Waals surface area contributed by atoms with Crippen molar-refractivity contribution in [2.75, 3.05) is 26.4 Å². The van der Waals surface area contributed by atoms with Crippen molar-refractivity contribution >= 4 is 22.1 Å². The van der Waals surface area contributed by atoms with Crippen molar-refractivity contribution < 1.29 is 14.6 Å². The minimum Gasteiger partial charge on any atom is -0.490 e. The number of halogens is 1. The molecular formula is C32H35BrN2O3. The molecule has 0 unspecified atom stereocenters. The van der Waals surface area contributed by atoms with Gasteiger partial charge in [0.2, 0.25) is 0 Å². The van der Waals surface area contributed by atoms with E-state index >= 15 is 0 Å². The van der Waals surface area contributed by atoms with Gasteiger partial charge in [-0.25, -0.2) is 4.99 Å². The van der Waals surface area contributed by atoms with Crippen LogP contribution >= 0.6 is 15.9 Å². The van der Waals surface area contributed by atoms with Gasteiger partial charge in [0.25, 0.3) is 0 Å². The lowest BCUT2D eigenvalue weighted by atomic mass is 9.76. The van der Waals surface area contributed by atoms with Gasteiger partial charge in [-0.2, -0.15) is 5.26 Å². The van der Waals surface area contributed by atoms with E-state index in [2.05, 4.69) is 110 Å². The molecule has 6 heteroatoms. The molecule has 0 aliphatic rings. The van der Waals surface area contributed by atoms with Crippen molar-refractivity contribution in [3.05, 3.63) is 99.2 Å². The zero-order valence-corrected chi connectivity index (χ0v) is 24.1. The minimum absolute atomic E-state index is 0.0246. The molecule has 3 aromatic carbocycles. The maximum absolute atomic E-state index is 9.90. The van der Waals surface area contributed by atoms with E-state index in [1.54, 1.807) is 0 Å². The second kappa shape index (κ2) is 13.5. The average Bonchev–Trinajstić information content (AvgIpc) is 2.92. The summed E-state index contributed by atoms with van der Waals surface area (Å²) in [7, 11) is 0. The molecule has 0 heterocycles. The summed E-state index contributed by atoms with van der Waals surface area (Å²) in [6.45, 7) is 13.2. The minimum atomic E-state index is -0.321. The Labute approximate surface area is 234 Å². The molecule has 0 spiro atoms. The van der Waals surface area contributed by atoms with Crippen LogP contribution in [0.4, 0.5) is 0 Å². The molecule has 0 fully saturated rings. The van der Waals surface area contributed by atoms with E-state index < -0.39 is 0 Å². The van der Waals surface area contributed by atoms with Gasteiger partial charge in [0.15, 0.2) is 0 Å². The zero-order chi connectivity index (χ0) is 27.7. The van der Waals surface area contributed by atoms with Crippen molar-refractivity contribution in [2.45, 2.75) is 39.5 Å². The summed E-state index contributed by atoms with van der Waals surface area (Å²) in [5.74, 6) is 0.611. The van der Waals surface area contributed by atoms with E-state index in [9.17, 15) is 5.26 Å². The van der Waals surface area contributed by atoms with Gasteiger partial charge < -0.3 is 14.6 Å². The maximum atomic E-state index is 9.90. The molecule has 3 aromatic rings. The van der Waals surface area contributed by atoms with E-state index in [0.717, 1.165) is 45.4 Å². The molecule has 0 atom stereocenters. The lowest BCUT2D eigenvalue weighted by Crippen LogP contribution is -2.20. The summed E-state index contributed by atoms with van der Waals surface area (Å²) in [4.78, 5) is 4.28. The SMILES string of the molecule is C=C(Br)/N=C\c1cc(-c2ccc(C(C)(C)c3cc(C#N)c(OCCOCCO)c(CC)c3)cc2)ccc1C. The fourth-order valence-electron chi connectivity index (χ4n) is 4.28. The van der Waals surface area contributed by atoms with Crippen molar-refractivity contribution in [3.8, 4) is 22.9 Å². The molecule has 3 rings (SSSR count). The Balaban J connectivity index is 1.89. The largest absolute Gasteiger partial charge is 0.490 e. The van der Waals surface area contributed by atoms with Gasteiger partial charge in [0, 0.05) is 11.6 Å². The Bertz CT molecular complexity index is 1340. The van der Waals surface area contributed by atoms with Crippen LogP contribution in [0.15, 0.2) is 70.8 Å². The number of nitrogens with zero attached hydrogens (tertiary/aromatic N) is 2. The van der Waals surface area contributed by atoms with Crippen LogP contribution in [0.3, 0.4) is 0 Å². The Morgan fingerprint density at radius 1 is 1.05 bits per heavy atom. The first-order chi connectivity index (χ1) is 18.2. The molecule has 0 saturated carbocycles. The Hall–Kier alpha value is -3.24. The number of nitriles is 1. The first-order valence-electron chi connectivity index (χ1n) is 12.7. The van der Waals surface area contributed by atoms with Crippen LogP contribution in [-0.4, -0.2) is 37.7 Å². The summed E-state index contributed by atoms with van der Waals surface area (Å²) in [6.07, 6.45) is 2.56. The second-order valence-electron chi connectivity index (χ2n) is 9.57. The second-order valence-corrected chi connectivity index (χ2v) is 10.5. The molecule has 0 amide bonds. The summed E-state index contributed by atoms with van der Waals surface area (Å²) in [5, 5.41) is 18.8. The lowest BCUT2D eigenvalue weighted by Gasteiger charge is -2.28. The van der Waals surface area contributed by atoms with Crippen molar-refractivity contribution in [3.63, 3.8) is 0 Å². The number of aliphatic hydroxyl groups excluding tert-OH is 1. The monoisotopic (exact) mass is 574 g/mol. The van der Waals surface area contributed by atoms with Gasteiger partial charge in [0.1, 0.15) is 18.4 Å². The number of ether oxygens (including phenoxy) is 2. The van der Waals surface area contributed by atoms with E-state index in [1.807, 2.05) is 12.3 Å². The number of aliphatic hydroxyl groups is 1. The highest BCUT2D eigenvalue weighted by atomic mass is 79.9. The highest BCUT2D eigenvalue weighted by Gasteiger charge is 2.26. The van der Waals surface area contributed by atoms with Crippen LogP contribution in [0.5, 0.6) is 5.75 Å². The standard InChI is InChI=1S/C32H35BrN2O3/c1-6-24-18-30(19-27(20-34)31(24)38-16-15-37-14-13-36)32(4,5)29-11-9-25(10-12-29)26-8-7-22(2)28(17-26)21-35-23(3)33/h7-12,17-19,21,36H,3,6,13-16H2,1-2,4-5H3/b35-21-. The Morgan fingerprint density at radius 3 is 2.39 bits per heavy atom. The van der Waals surface area contributed by atoms with Crippen LogP contribution in [0.2, 0.25) is 0 Å². The fraction of sp³-hybridized carbons (Fsp3) is 0.312. The van der Waals surface area contributed by atoms with Crippen molar-refractivity contribution in [1.82, 2.24) is 0 Å².